The largest absolute Gasteiger partial charge is 0.398 e. The van der Waals surface area contributed by atoms with Crippen LogP contribution in [0.4, 0.5) is 15.8 Å². The Morgan fingerprint density at radius 2 is 2.07 bits per heavy atom. The van der Waals surface area contributed by atoms with Gasteiger partial charge in [0.15, 0.2) is 5.82 Å². The van der Waals surface area contributed by atoms with E-state index in [2.05, 4.69) is 0 Å². The number of hydrogen-bond acceptors (Lipinski definition) is 3. The van der Waals surface area contributed by atoms with Crippen LogP contribution in [-0.2, 0) is 0 Å². The number of nitrogen functional groups attached to an aromatic ring is 2. The number of nitrogens with two attached hydrogens (primary N) is 2. The van der Waals surface area contributed by atoms with Crippen LogP contribution in [0.15, 0.2) is 11.0 Å². The van der Waals surface area contributed by atoms with Crippen molar-refractivity contribution in [2.45, 2.75) is 18.2 Å². The second kappa shape index (κ2) is 4.75. The van der Waals surface area contributed by atoms with Crippen molar-refractivity contribution in [2.75, 3.05) is 17.2 Å². The lowest BCUT2D eigenvalue weighted by molar-refractivity contribution is 0.604. The Morgan fingerprint density at radius 1 is 1.43 bits per heavy atom. The molecule has 0 amide bonds. The average Bonchev–Trinajstić information content (AvgIpc) is 2.14. The van der Waals surface area contributed by atoms with E-state index in [9.17, 15) is 4.39 Å². The van der Waals surface area contributed by atoms with Gasteiger partial charge in [0.25, 0.3) is 0 Å². The molecule has 0 unspecified atom stereocenters. The van der Waals surface area contributed by atoms with Gasteiger partial charge in [-0.15, -0.1) is 11.8 Å². The minimum Gasteiger partial charge on any atom is -0.398 e. The minimum atomic E-state index is -0.511. The maximum atomic E-state index is 13.5. The Labute approximate surface area is 91.8 Å². The summed E-state index contributed by atoms with van der Waals surface area (Å²) in [5, 5.41) is -0.0437. The molecule has 0 atom stereocenters. The van der Waals surface area contributed by atoms with Gasteiger partial charge in [0.2, 0.25) is 0 Å². The van der Waals surface area contributed by atoms with Crippen molar-refractivity contribution in [3.05, 3.63) is 16.9 Å². The Morgan fingerprint density at radius 3 is 2.64 bits per heavy atom. The zero-order chi connectivity index (χ0) is 10.7. The molecule has 2 nitrogen and oxygen atoms in total. The van der Waals surface area contributed by atoms with Gasteiger partial charge < -0.3 is 11.5 Å². The molecular formula is C9H12ClFN2S. The van der Waals surface area contributed by atoms with E-state index >= 15 is 0 Å². The van der Waals surface area contributed by atoms with Crippen LogP contribution in [-0.4, -0.2) is 5.75 Å². The second-order valence-corrected chi connectivity index (χ2v) is 4.34. The fourth-order valence-corrected chi connectivity index (χ4v) is 2.07. The lowest BCUT2D eigenvalue weighted by atomic mass is 10.3. The van der Waals surface area contributed by atoms with Gasteiger partial charge in [-0.3, -0.25) is 0 Å². The van der Waals surface area contributed by atoms with Crippen LogP contribution >= 0.6 is 23.4 Å². The van der Waals surface area contributed by atoms with Gasteiger partial charge in [0.05, 0.1) is 16.3 Å². The van der Waals surface area contributed by atoms with Crippen molar-refractivity contribution in [1.29, 1.82) is 0 Å². The van der Waals surface area contributed by atoms with Gasteiger partial charge in [-0.1, -0.05) is 18.5 Å². The lowest BCUT2D eigenvalue weighted by Crippen LogP contribution is -1.98. The molecule has 0 saturated heterocycles. The first kappa shape index (κ1) is 11.5. The van der Waals surface area contributed by atoms with E-state index in [4.69, 9.17) is 23.1 Å². The first-order chi connectivity index (χ1) is 6.57. The van der Waals surface area contributed by atoms with Crippen molar-refractivity contribution in [3.63, 3.8) is 0 Å². The van der Waals surface area contributed by atoms with E-state index in [0.717, 1.165) is 12.2 Å². The van der Waals surface area contributed by atoms with Crippen molar-refractivity contribution in [3.8, 4) is 0 Å². The predicted molar refractivity (Wildman–Crippen MR) is 61.2 cm³/mol. The summed E-state index contributed by atoms with van der Waals surface area (Å²) >= 11 is 7.02. The second-order valence-electron chi connectivity index (χ2n) is 2.86. The summed E-state index contributed by atoms with van der Waals surface area (Å²) < 4.78 is 13.5. The van der Waals surface area contributed by atoms with E-state index in [1.807, 2.05) is 6.92 Å². The molecular weight excluding hydrogens is 223 g/mol. The molecule has 0 bridgehead atoms. The molecule has 0 radical (unpaired) electrons. The van der Waals surface area contributed by atoms with Gasteiger partial charge in [-0.2, -0.15) is 0 Å². The highest BCUT2D eigenvalue weighted by Gasteiger charge is 2.13. The summed E-state index contributed by atoms with van der Waals surface area (Å²) in [4.78, 5) is 0.394. The van der Waals surface area contributed by atoms with E-state index < -0.39 is 5.82 Å². The minimum absolute atomic E-state index is 0.0437. The quantitative estimate of drug-likeness (QED) is 0.624. The maximum Gasteiger partial charge on any atom is 0.159 e. The van der Waals surface area contributed by atoms with Crippen LogP contribution in [0, 0.1) is 5.82 Å². The molecule has 1 aromatic rings. The van der Waals surface area contributed by atoms with Crippen LogP contribution in [0.1, 0.15) is 13.3 Å². The molecule has 0 aliphatic heterocycles. The standard InChI is InChI=1S/C9H12ClFN2S/c1-2-3-14-9-6(13)4-5(12)7(10)8(9)11/h4H,2-3,12-13H2,1H3. The number of thioether (sulfide) groups is 1. The first-order valence-electron chi connectivity index (χ1n) is 4.23. The third-order valence-electron chi connectivity index (χ3n) is 1.67. The third-order valence-corrected chi connectivity index (χ3v) is 3.37. The SMILES string of the molecule is CCCSc1c(N)cc(N)c(Cl)c1F. The van der Waals surface area contributed by atoms with Crippen LogP contribution in [0.3, 0.4) is 0 Å². The molecule has 4 N–H and O–H groups in total. The summed E-state index contributed by atoms with van der Waals surface area (Å²) in [6.45, 7) is 2.01. The molecule has 0 fully saturated rings. The summed E-state index contributed by atoms with van der Waals surface area (Å²) in [5.41, 5.74) is 11.6. The molecule has 1 rings (SSSR count). The molecule has 0 heterocycles. The van der Waals surface area contributed by atoms with Crippen molar-refractivity contribution in [2.24, 2.45) is 0 Å². The van der Waals surface area contributed by atoms with Gasteiger partial charge in [-0.05, 0) is 18.2 Å². The zero-order valence-electron chi connectivity index (χ0n) is 7.81. The normalized spacial score (nSPS) is 10.5. The number of hydrogen-bond donors (Lipinski definition) is 2. The number of rotatable bonds is 3. The Bertz CT molecular complexity index is 344. The van der Waals surface area contributed by atoms with Crippen molar-refractivity contribution < 1.29 is 4.39 Å². The van der Waals surface area contributed by atoms with Crippen molar-refractivity contribution in [1.82, 2.24) is 0 Å². The fraction of sp³-hybridized carbons (Fsp3) is 0.333. The molecule has 78 valence electrons. The van der Waals surface area contributed by atoms with E-state index in [-0.39, 0.29) is 10.7 Å². The third kappa shape index (κ3) is 2.25. The smallest absolute Gasteiger partial charge is 0.159 e. The van der Waals surface area contributed by atoms with Gasteiger partial charge in [-0.25, -0.2) is 4.39 Å². The molecule has 1 aromatic carbocycles. The van der Waals surface area contributed by atoms with Gasteiger partial charge in [0.1, 0.15) is 5.02 Å². The summed E-state index contributed by atoms with van der Waals surface area (Å²) in [6.07, 6.45) is 0.950. The zero-order valence-corrected chi connectivity index (χ0v) is 9.38. The summed E-state index contributed by atoms with van der Waals surface area (Å²) in [6, 6.07) is 1.49. The van der Waals surface area contributed by atoms with Crippen molar-refractivity contribution >= 4 is 34.7 Å². The number of anilines is 2. The fourth-order valence-electron chi connectivity index (χ4n) is 1.00. The maximum absolute atomic E-state index is 13.5. The number of benzene rings is 1. The molecule has 0 saturated carbocycles. The van der Waals surface area contributed by atoms with E-state index in [1.54, 1.807) is 0 Å². The molecule has 5 heteroatoms. The molecule has 0 aromatic heterocycles. The Hall–Kier alpha value is -0.610. The van der Waals surface area contributed by atoms with Crippen LogP contribution < -0.4 is 11.5 Å². The Balaban J connectivity index is 3.09. The topological polar surface area (TPSA) is 52.0 Å². The van der Waals surface area contributed by atoms with E-state index in [1.165, 1.54) is 17.8 Å². The highest BCUT2D eigenvalue weighted by Crippen LogP contribution is 2.36. The van der Waals surface area contributed by atoms with Crippen LogP contribution in [0.5, 0.6) is 0 Å². The average molecular weight is 235 g/mol. The van der Waals surface area contributed by atoms with E-state index in [0.29, 0.717) is 10.6 Å². The molecule has 0 aliphatic rings. The number of halogens is 2. The van der Waals surface area contributed by atoms with Gasteiger partial charge >= 0.3 is 0 Å². The van der Waals surface area contributed by atoms with Crippen LogP contribution in [0.2, 0.25) is 5.02 Å². The lowest BCUT2D eigenvalue weighted by Gasteiger charge is -2.09. The highest BCUT2D eigenvalue weighted by atomic mass is 35.5. The molecule has 0 aliphatic carbocycles. The highest BCUT2D eigenvalue weighted by molar-refractivity contribution is 7.99. The Kier molecular flexibility index (Phi) is 3.89. The van der Waals surface area contributed by atoms with Crippen LogP contribution in [0.25, 0.3) is 0 Å². The monoisotopic (exact) mass is 234 g/mol. The molecule has 14 heavy (non-hydrogen) atoms. The predicted octanol–water partition coefficient (Wildman–Crippen LogP) is 3.15. The van der Waals surface area contributed by atoms with Gasteiger partial charge in [0, 0.05) is 0 Å². The first-order valence-corrected chi connectivity index (χ1v) is 5.60. The summed E-state index contributed by atoms with van der Waals surface area (Å²) in [7, 11) is 0. The molecule has 0 spiro atoms. The summed E-state index contributed by atoms with van der Waals surface area (Å²) in [5.74, 6) is 0.295.